The van der Waals surface area contributed by atoms with Crippen molar-refractivity contribution in [2.45, 2.75) is 26.2 Å². The summed E-state index contributed by atoms with van der Waals surface area (Å²) in [5, 5.41) is 19.6. The summed E-state index contributed by atoms with van der Waals surface area (Å²) in [4.78, 5) is 0. The molecular formula is C18H21IN4O3. The van der Waals surface area contributed by atoms with Crippen LogP contribution < -0.4 is 9.47 Å². The molecule has 0 radical (unpaired) electrons. The molecule has 1 atom stereocenters. The Morgan fingerprint density at radius 2 is 1.88 bits per heavy atom. The molecule has 138 valence electrons. The van der Waals surface area contributed by atoms with Crippen molar-refractivity contribution in [2.24, 2.45) is 7.05 Å². The smallest absolute Gasteiger partial charge is 0.239 e. The van der Waals surface area contributed by atoms with Gasteiger partial charge < -0.3 is 14.6 Å². The fourth-order valence-corrected chi connectivity index (χ4v) is 3.36. The molecule has 1 N–H and O–H groups in total. The standard InChI is InChI=1S/C18H21IN4O3/c1-4-23-10-15(16(24)14-9-22(2)20-17(14)19)18(21-23)26-11-12-5-7-13(25-3)8-6-12/h5-10,16,24H,4,11H2,1-3H3. The van der Waals surface area contributed by atoms with E-state index >= 15 is 0 Å². The molecule has 0 aliphatic rings. The van der Waals surface area contributed by atoms with E-state index in [1.54, 1.807) is 16.5 Å². The van der Waals surface area contributed by atoms with Crippen LogP contribution in [0.4, 0.5) is 0 Å². The van der Waals surface area contributed by atoms with Crippen LogP contribution in [0.3, 0.4) is 0 Å². The summed E-state index contributed by atoms with van der Waals surface area (Å²) in [7, 11) is 3.46. The van der Waals surface area contributed by atoms with Gasteiger partial charge in [0.1, 0.15) is 22.2 Å². The van der Waals surface area contributed by atoms with Crippen LogP contribution >= 0.6 is 22.6 Å². The molecule has 1 aromatic carbocycles. The number of aromatic nitrogens is 4. The van der Waals surface area contributed by atoms with Crippen molar-refractivity contribution in [1.82, 2.24) is 19.6 Å². The van der Waals surface area contributed by atoms with Crippen LogP contribution in [0.25, 0.3) is 0 Å². The van der Waals surface area contributed by atoms with E-state index in [0.717, 1.165) is 20.6 Å². The molecule has 1 unspecified atom stereocenters. The van der Waals surface area contributed by atoms with E-state index in [9.17, 15) is 5.11 Å². The van der Waals surface area contributed by atoms with Crippen LogP contribution in [-0.2, 0) is 20.2 Å². The van der Waals surface area contributed by atoms with Gasteiger partial charge in [-0.3, -0.25) is 9.36 Å². The highest BCUT2D eigenvalue weighted by molar-refractivity contribution is 14.1. The fraction of sp³-hybridized carbons (Fsp3) is 0.333. The van der Waals surface area contributed by atoms with Crippen LogP contribution in [-0.4, -0.2) is 31.8 Å². The van der Waals surface area contributed by atoms with Crippen molar-refractivity contribution in [3.05, 3.63) is 57.1 Å². The lowest BCUT2D eigenvalue weighted by atomic mass is 10.1. The van der Waals surface area contributed by atoms with Gasteiger partial charge in [0.2, 0.25) is 5.88 Å². The minimum absolute atomic E-state index is 0.356. The van der Waals surface area contributed by atoms with Crippen LogP contribution in [0, 0.1) is 3.70 Å². The van der Waals surface area contributed by atoms with Crippen LogP contribution in [0.5, 0.6) is 11.6 Å². The zero-order valence-corrected chi connectivity index (χ0v) is 17.0. The van der Waals surface area contributed by atoms with Crippen molar-refractivity contribution in [3.8, 4) is 11.6 Å². The lowest BCUT2D eigenvalue weighted by Crippen LogP contribution is -2.04. The number of nitrogens with zero attached hydrogens (tertiary/aromatic N) is 4. The first-order valence-corrected chi connectivity index (χ1v) is 9.29. The lowest BCUT2D eigenvalue weighted by molar-refractivity contribution is 0.207. The average Bonchev–Trinajstić information content (AvgIpc) is 3.22. The Morgan fingerprint density at radius 3 is 2.46 bits per heavy atom. The highest BCUT2D eigenvalue weighted by Gasteiger charge is 2.23. The van der Waals surface area contributed by atoms with Crippen molar-refractivity contribution >= 4 is 22.6 Å². The minimum Gasteiger partial charge on any atom is -0.497 e. The van der Waals surface area contributed by atoms with E-state index in [1.807, 2.05) is 50.6 Å². The Kier molecular flexibility index (Phi) is 5.82. The van der Waals surface area contributed by atoms with Gasteiger partial charge in [0, 0.05) is 31.5 Å². The van der Waals surface area contributed by atoms with E-state index in [-0.39, 0.29) is 0 Å². The Hall–Kier alpha value is -2.07. The molecule has 0 fully saturated rings. The monoisotopic (exact) mass is 468 g/mol. The van der Waals surface area contributed by atoms with Crippen LogP contribution in [0.2, 0.25) is 0 Å². The second-order valence-electron chi connectivity index (χ2n) is 5.83. The molecule has 3 rings (SSSR count). The summed E-state index contributed by atoms with van der Waals surface area (Å²) in [5.41, 5.74) is 2.36. The SMILES string of the molecule is CCn1cc(C(O)c2cn(C)nc2I)c(OCc2ccc(OC)cc2)n1. The van der Waals surface area contributed by atoms with E-state index < -0.39 is 6.10 Å². The summed E-state index contributed by atoms with van der Waals surface area (Å²) in [6, 6.07) is 7.65. The van der Waals surface area contributed by atoms with Gasteiger partial charge in [-0.15, -0.1) is 5.10 Å². The Bertz CT molecular complexity index is 873. The molecule has 0 saturated carbocycles. The van der Waals surface area contributed by atoms with E-state index in [4.69, 9.17) is 9.47 Å². The number of rotatable bonds is 7. The minimum atomic E-state index is -0.846. The zero-order chi connectivity index (χ0) is 18.7. The molecule has 0 aliphatic carbocycles. The molecule has 2 heterocycles. The Labute approximate surface area is 165 Å². The second kappa shape index (κ2) is 8.09. The number of halogens is 1. The Balaban J connectivity index is 1.82. The second-order valence-corrected chi connectivity index (χ2v) is 6.86. The Morgan fingerprint density at radius 1 is 1.15 bits per heavy atom. The summed E-state index contributed by atoms with van der Waals surface area (Å²) in [5.74, 6) is 1.22. The molecule has 0 amide bonds. The summed E-state index contributed by atoms with van der Waals surface area (Å²) in [6.07, 6.45) is 2.78. The topological polar surface area (TPSA) is 74.3 Å². The largest absolute Gasteiger partial charge is 0.497 e. The maximum Gasteiger partial charge on any atom is 0.239 e. The predicted molar refractivity (Wildman–Crippen MR) is 105 cm³/mol. The lowest BCUT2D eigenvalue weighted by Gasteiger charge is -2.10. The number of aryl methyl sites for hydroxylation is 2. The first-order valence-electron chi connectivity index (χ1n) is 8.22. The molecule has 2 aromatic heterocycles. The summed E-state index contributed by atoms with van der Waals surface area (Å²) in [6.45, 7) is 3.04. The zero-order valence-electron chi connectivity index (χ0n) is 14.9. The maximum absolute atomic E-state index is 10.8. The van der Waals surface area contributed by atoms with Gasteiger partial charge in [0.05, 0.1) is 12.7 Å². The highest BCUT2D eigenvalue weighted by Crippen LogP contribution is 2.31. The summed E-state index contributed by atoms with van der Waals surface area (Å²) >= 11 is 2.12. The van der Waals surface area contributed by atoms with Crippen molar-refractivity contribution in [1.29, 1.82) is 0 Å². The molecule has 3 aromatic rings. The molecule has 0 saturated heterocycles. The number of ether oxygens (including phenoxy) is 2. The van der Waals surface area contributed by atoms with Gasteiger partial charge in [0.15, 0.2) is 0 Å². The number of hydrogen-bond donors (Lipinski definition) is 1. The summed E-state index contributed by atoms with van der Waals surface area (Å²) < 4.78 is 15.3. The fourth-order valence-electron chi connectivity index (χ4n) is 2.58. The highest BCUT2D eigenvalue weighted by atomic mass is 127. The first kappa shape index (κ1) is 18.7. The van der Waals surface area contributed by atoms with Gasteiger partial charge >= 0.3 is 0 Å². The van der Waals surface area contributed by atoms with Crippen LogP contribution in [0.15, 0.2) is 36.7 Å². The molecule has 26 heavy (non-hydrogen) atoms. The van der Waals surface area contributed by atoms with Gasteiger partial charge in [-0.25, -0.2) is 0 Å². The number of aliphatic hydroxyl groups is 1. The molecular weight excluding hydrogens is 447 g/mol. The number of aliphatic hydroxyl groups excluding tert-OH is 1. The maximum atomic E-state index is 10.8. The predicted octanol–water partition coefficient (Wildman–Crippen LogP) is 2.91. The van der Waals surface area contributed by atoms with Gasteiger partial charge in [-0.2, -0.15) is 5.10 Å². The molecule has 0 bridgehead atoms. The third-order valence-corrected chi connectivity index (χ3v) is 4.85. The van der Waals surface area contributed by atoms with Crippen LogP contribution in [0.1, 0.15) is 29.7 Å². The van der Waals surface area contributed by atoms with E-state index in [1.165, 1.54) is 0 Å². The first-order chi connectivity index (χ1) is 12.5. The number of benzene rings is 1. The number of methoxy groups -OCH3 is 1. The quantitative estimate of drug-likeness (QED) is 0.540. The normalized spacial score (nSPS) is 12.2. The average molecular weight is 468 g/mol. The van der Waals surface area contributed by atoms with Crippen molar-refractivity contribution < 1.29 is 14.6 Å². The molecule has 0 aliphatic heterocycles. The van der Waals surface area contributed by atoms with Gasteiger partial charge in [-0.05, 0) is 47.2 Å². The van der Waals surface area contributed by atoms with E-state index in [0.29, 0.717) is 24.6 Å². The van der Waals surface area contributed by atoms with Gasteiger partial charge in [0.25, 0.3) is 0 Å². The third-order valence-electron chi connectivity index (χ3n) is 4.01. The number of hydrogen-bond acceptors (Lipinski definition) is 5. The molecule has 7 nitrogen and oxygen atoms in total. The van der Waals surface area contributed by atoms with Gasteiger partial charge in [-0.1, -0.05) is 12.1 Å². The molecule has 0 spiro atoms. The van der Waals surface area contributed by atoms with E-state index in [2.05, 4.69) is 32.8 Å². The molecule has 8 heteroatoms. The van der Waals surface area contributed by atoms with Crippen molar-refractivity contribution in [3.63, 3.8) is 0 Å². The third kappa shape index (κ3) is 4.01. The van der Waals surface area contributed by atoms with Crippen molar-refractivity contribution in [2.75, 3.05) is 7.11 Å².